The molecule has 4 nitrogen and oxygen atoms in total. The number of amides is 1. The lowest BCUT2D eigenvalue weighted by Crippen LogP contribution is -2.34. The second-order valence-corrected chi connectivity index (χ2v) is 5.32. The molecule has 0 aromatic rings. The van der Waals surface area contributed by atoms with Crippen molar-refractivity contribution in [3.63, 3.8) is 0 Å². The second kappa shape index (κ2) is 5.52. The topological polar surface area (TPSA) is 57.6 Å². The van der Waals surface area contributed by atoms with Crippen molar-refractivity contribution in [3.8, 4) is 0 Å². The number of unbranched alkanes of at least 4 members (excludes halogenated alkanes) is 1. The minimum Gasteiger partial charge on any atom is -0.481 e. The maximum Gasteiger partial charge on any atom is 0.303 e. The van der Waals surface area contributed by atoms with Crippen molar-refractivity contribution in [2.45, 2.75) is 57.4 Å². The largest absolute Gasteiger partial charge is 0.481 e. The van der Waals surface area contributed by atoms with E-state index >= 15 is 0 Å². The third-order valence-electron chi connectivity index (χ3n) is 3.49. The fourth-order valence-electron chi connectivity index (χ4n) is 2.12. The number of hydrogen-bond donors (Lipinski definition) is 1. The predicted octanol–water partition coefficient (Wildman–Crippen LogP) is 2.03. The first-order chi connectivity index (χ1) is 8.16. The number of carbonyl (C=O) groups is 2. The van der Waals surface area contributed by atoms with Crippen molar-refractivity contribution in [1.29, 1.82) is 0 Å². The normalized spacial score (nSPS) is 19.1. The Morgan fingerprint density at radius 2 is 1.71 bits per heavy atom. The fraction of sp³-hybridized carbons (Fsp3) is 0.846. The lowest BCUT2D eigenvalue weighted by atomic mass is 10.1. The van der Waals surface area contributed by atoms with E-state index in [0.717, 1.165) is 25.3 Å². The SMILES string of the molecule is O=C(O)CCCCC(=O)N(CC1CC1)C1CC1. The molecule has 0 heterocycles. The highest BCUT2D eigenvalue weighted by Gasteiger charge is 2.35. The fourth-order valence-corrected chi connectivity index (χ4v) is 2.12. The monoisotopic (exact) mass is 239 g/mol. The Morgan fingerprint density at radius 3 is 2.24 bits per heavy atom. The van der Waals surface area contributed by atoms with Gasteiger partial charge in [-0.3, -0.25) is 9.59 Å². The van der Waals surface area contributed by atoms with Gasteiger partial charge in [0, 0.05) is 25.4 Å². The number of nitrogens with zero attached hydrogens (tertiary/aromatic N) is 1. The Bertz CT molecular complexity index is 295. The van der Waals surface area contributed by atoms with Crippen LogP contribution in [-0.2, 0) is 9.59 Å². The first kappa shape index (κ1) is 12.4. The second-order valence-electron chi connectivity index (χ2n) is 5.32. The summed E-state index contributed by atoms with van der Waals surface area (Å²) in [4.78, 5) is 24.4. The smallest absolute Gasteiger partial charge is 0.303 e. The molecule has 0 radical (unpaired) electrons. The van der Waals surface area contributed by atoms with Crippen LogP contribution in [0.3, 0.4) is 0 Å². The van der Waals surface area contributed by atoms with Gasteiger partial charge in [0.1, 0.15) is 0 Å². The maximum absolute atomic E-state index is 12.0. The van der Waals surface area contributed by atoms with Gasteiger partial charge in [-0.1, -0.05) is 0 Å². The first-order valence-electron chi connectivity index (χ1n) is 6.68. The lowest BCUT2D eigenvalue weighted by molar-refractivity contribution is -0.137. The molecule has 0 atom stereocenters. The summed E-state index contributed by atoms with van der Waals surface area (Å²) in [7, 11) is 0. The lowest BCUT2D eigenvalue weighted by Gasteiger charge is -2.22. The van der Waals surface area contributed by atoms with Crippen LogP contribution in [0, 0.1) is 5.92 Å². The molecule has 2 aliphatic carbocycles. The number of hydrogen-bond acceptors (Lipinski definition) is 2. The molecule has 0 spiro atoms. The summed E-state index contributed by atoms with van der Waals surface area (Å²) in [5.41, 5.74) is 0. The Labute approximate surface area is 102 Å². The van der Waals surface area contributed by atoms with Crippen molar-refractivity contribution >= 4 is 11.9 Å². The molecule has 17 heavy (non-hydrogen) atoms. The number of aliphatic carboxylic acids is 1. The van der Waals surface area contributed by atoms with Crippen LogP contribution in [0.1, 0.15) is 51.4 Å². The first-order valence-corrected chi connectivity index (χ1v) is 6.68. The van der Waals surface area contributed by atoms with Crippen LogP contribution >= 0.6 is 0 Å². The number of rotatable bonds is 8. The van der Waals surface area contributed by atoms with Crippen LogP contribution in [0.5, 0.6) is 0 Å². The zero-order valence-corrected chi connectivity index (χ0v) is 10.2. The molecule has 96 valence electrons. The zero-order valence-electron chi connectivity index (χ0n) is 10.2. The van der Waals surface area contributed by atoms with E-state index in [1.54, 1.807) is 0 Å². The summed E-state index contributed by atoms with van der Waals surface area (Å²) in [5, 5.41) is 8.52. The van der Waals surface area contributed by atoms with Gasteiger partial charge >= 0.3 is 5.97 Å². The van der Waals surface area contributed by atoms with E-state index in [1.165, 1.54) is 12.8 Å². The Hall–Kier alpha value is -1.06. The van der Waals surface area contributed by atoms with Crippen molar-refractivity contribution in [3.05, 3.63) is 0 Å². The zero-order chi connectivity index (χ0) is 12.3. The predicted molar refractivity (Wildman–Crippen MR) is 63.6 cm³/mol. The number of carboxylic acid groups (broad SMARTS) is 1. The molecule has 0 unspecified atom stereocenters. The van der Waals surface area contributed by atoms with Gasteiger partial charge in [0.05, 0.1) is 0 Å². The van der Waals surface area contributed by atoms with Crippen molar-refractivity contribution < 1.29 is 14.7 Å². The Morgan fingerprint density at radius 1 is 1.06 bits per heavy atom. The van der Waals surface area contributed by atoms with Gasteiger partial charge in [0.15, 0.2) is 0 Å². The van der Waals surface area contributed by atoms with E-state index in [9.17, 15) is 9.59 Å². The van der Waals surface area contributed by atoms with Gasteiger partial charge in [-0.25, -0.2) is 0 Å². The molecule has 0 saturated heterocycles. The molecule has 2 fully saturated rings. The van der Waals surface area contributed by atoms with Crippen LogP contribution in [0.15, 0.2) is 0 Å². The molecule has 1 N–H and O–H groups in total. The van der Waals surface area contributed by atoms with Crippen LogP contribution < -0.4 is 0 Å². The summed E-state index contributed by atoms with van der Waals surface area (Å²) >= 11 is 0. The number of carbonyl (C=O) groups excluding carboxylic acids is 1. The molecular formula is C13H21NO3. The molecule has 0 bridgehead atoms. The summed E-state index contributed by atoms with van der Waals surface area (Å²) in [5.74, 6) is 0.220. The van der Waals surface area contributed by atoms with E-state index in [0.29, 0.717) is 25.3 Å². The van der Waals surface area contributed by atoms with Gasteiger partial charge in [-0.05, 0) is 44.4 Å². The van der Waals surface area contributed by atoms with E-state index in [1.807, 2.05) is 0 Å². The summed E-state index contributed by atoms with van der Waals surface area (Å²) < 4.78 is 0. The van der Waals surface area contributed by atoms with Crippen LogP contribution in [0.2, 0.25) is 0 Å². The van der Waals surface area contributed by atoms with Crippen molar-refractivity contribution in [1.82, 2.24) is 4.90 Å². The highest BCUT2D eigenvalue weighted by Crippen LogP contribution is 2.35. The molecule has 2 rings (SSSR count). The van der Waals surface area contributed by atoms with Crippen LogP contribution in [0.25, 0.3) is 0 Å². The van der Waals surface area contributed by atoms with Crippen LogP contribution in [-0.4, -0.2) is 34.5 Å². The van der Waals surface area contributed by atoms with Gasteiger partial charge in [0.2, 0.25) is 5.91 Å². The molecule has 4 heteroatoms. The molecule has 0 aromatic carbocycles. The van der Waals surface area contributed by atoms with Gasteiger partial charge in [-0.2, -0.15) is 0 Å². The summed E-state index contributed by atoms with van der Waals surface area (Å²) in [6.07, 6.45) is 6.89. The minimum absolute atomic E-state index is 0.180. The van der Waals surface area contributed by atoms with Gasteiger partial charge in [-0.15, -0.1) is 0 Å². The molecule has 2 aliphatic rings. The Kier molecular flexibility index (Phi) is 4.02. The molecule has 0 aromatic heterocycles. The molecule has 0 aliphatic heterocycles. The number of carboxylic acids is 1. The van der Waals surface area contributed by atoms with Crippen molar-refractivity contribution in [2.75, 3.05) is 6.54 Å². The van der Waals surface area contributed by atoms with E-state index in [2.05, 4.69) is 4.90 Å². The third-order valence-corrected chi connectivity index (χ3v) is 3.49. The average Bonchev–Trinajstić information content (AvgIpc) is 3.14. The average molecular weight is 239 g/mol. The van der Waals surface area contributed by atoms with E-state index in [4.69, 9.17) is 5.11 Å². The van der Waals surface area contributed by atoms with Crippen molar-refractivity contribution in [2.24, 2.45) is 5.92 Å². The van der Waals surface area contributed by atoms with Gasteiger partial charge < -0.3 is 10.0 Å². The minimum atomic E-state index is -0.769. The summed E-state index contributed by atoms with van der Waals surface area (Å²) in [6.45, 7) is 0.947. The highest BCUT2D eigenvalue weighted by molar-refractivity contribution is 5.77. The standard InChI is InChI=1S/C13H21NO3/c15-12(3-1-2-4-13(16)17)14(11-7-8-11)9-10-5-6-10/h10-11H,1-9H2,(H,16,17). The van der Waals surface area contributed by atoms with E-state index in [-0.39, 0.29) is 12.3 Å². The molecular weight excluding hydrogens is 218 g/mol. The maximum atomic E-state index is 12.0. The molecule has 2 saturated carbocycles. The van der Waals surface area contributed by atoms with Gasteiger partial charge in [0.25, 0.3) is 0 Å². The highest BCUT2D eigenvalue weighted by atomic mass is 16.4. The molecule has 1 amide bonds. The van der Waals surface area contributed by atoms with E-state index < -0.39 is 5.97 Å². The summed E-state index contributed by atoms with van der Waals surface area (Å²) in [6, 6.07) is 0.502. The third kappa shape index (κ3) is 4.36. The quantitative estimate of drug-likeness (QED) is 0.659. The Balaban J connectivity index is 1.66. The van der Waals surface area contributed by atoms with Crippen LogP contribution in [0.4, 0.5) is 0 Å².